The molecule has 0 bridgehead atoms. The standard InChI is InChI=1S/C11H16N4O3/c1-7(16)9-3-2-8(4-14-9)15(5-10(12)17)6-11(13)18/h2-4,7,16H,5-6H2,1H3,(H2,12,17)(H2,13,18)/t7-/m1/s1. The third-order valence-electron chi connectivity index (χ3n) is 2.26. The Morgan fingerprint density at radius 3 is 2.22 bits per heavy atom. The Balaban J connectivity index is 2.90. The molecule has 0 radical (unpaired) electrons. The Labute approximate surface area is 104 Å². The van der Waals surface area contributed by atoms with E-state index in [2.05, 4.69) is 4.98 Å². The van der Waals surface area contributed by atoms with Crippen molar-refractivity contribution in [2.75, 3.05) is 18.0 Å². The molecule has 7 heteroatoms. The van der Waals surface area contributed by atoms with Crippen LogP contribution in [0.4, 0.5) is 5.69 Å². The van der Waals surface area contributed by atoms with E-state index in [4.69, 9.17) is 11.5 Å². The second kappa shape index (κ2) is 5.97. The Bertz CT molecular complexity index is 414. The normalized spacial score (nSPS) is 11.9. The van der Waals surface area contributed by atoms with Crippen molar-refractivity contribution in [3.63, 3.8) is 0 Å². The van der Waals surface area contributed by atoms with Gasteiger partial charge in [-0.1, -0.05) is 0 Å². The van der Waals surface area contributed by atoms with Crippen molar-refractivity contribution in [2.45, 2.75) is 13.0 Å². The van der Waals surface area contributed by atoms with Gasteiger partial charge in [0.2, 0.25) is 11.8 Å². The van der Waals surface area contributed by atoms with E-state index in [9.17, 15) is 14.7 Å². The maximum atomic E-state index is 10.9. The molecule has 0 fully saturated rings. The summed E-state index contributed by atoms with van der Waals surface area (Å²) in [5.41, 5.74) is 11.2. The predicted molar refractivity (Wildman–Crippen MR) is 65.5 cm³/mol. The van der Waals surface area contributed by atoms with Crippen molar-refractivity contribution in [1.29, 1.82) is 0 Å². The van der Waals surface area contributed by atoms with E-state index >= 15 is 0 Å². The maximum absolute atomic E-state index is 10.9. The van der Waals surface area contributed by atoms with E-state index in [-0.39, 0.29) is 13.1 Å². The fraction of sp³-hybridized carbons (Fsp3) is 0.364. The molecule has 1 atom stereocenters. The van der Waals surface area contributed by atoms with Crippen molar-refractivity contribution in [2.24, 2.45) is 11.5 Å². The number of aliphatic hydroxyl groups is 1. The molecule has 5 N–H and O–H groups in total. The van der Waals surface area contributed by atoms with Crippen LogP contribution < -0.4 is 16.4 Å². The van der Waals surface area contributed by atoms with E-state index in [1.807, 2.05) is 0 Å². The minimum atomic E-state index is -0.681. The zero-order chi connectivity index (χ0) is 13.7. The van der Waals surface area contributed by atoms with Gasteiger partial charge in [-0.05, 0) is 19.1 Å². The fourth-order valence-corrected chi connectivity index (χ4v) is 1.45. The largest absolute Gasteiger partial charge is 0.387 e. The molecule has 18 heavy (non-hydrogen) atoms. The summed E-state index contributed by atoms with van der Waals surface area (Å²) in [6.07, 6.45) is 0.772. The second-order valence-corrected chi connectivity index (χ2v) is 3.91. The van der Waals surface area contributed by atoms with Crippen LogP contribution in [0.5, 0.6) is 0 Å². The third-order valence-corrected chi connectivity index (χ3v) is 2.26. The van der Waals surface area contributed by atoms with Crippen LogP contribution in [-0.4, -0.2) is 35.0 Å². The average Bonchev–Trinajstić information content (AvgIpc) is 2.27. The number of primary amides is 2. The van der Waals surface area contributed by atoms with Gasteiger partial charge < -0.3 is 21.5 Å². The smallest absolute Gasteiger partial charge is 0.236 e. The first-order chi connectivity index (χ1) is 8.40. The number of anilines is 1. The number of pyridine rings is 1. The van der Waals surface area contributed by atoms with Gasteiger partial charge in [0, 0.05) is 0 Å². The third kappa shape index (κ3) is 4.02. The van der Waals surface area contributed by atoms with Gasteiger partial charge in [-0.25, -0.2) is 0 Å². The van der Waals surface area contributed by atoms with Gasteiger partial charge in [-0.2, -0.15) is 0 Å². The number of aliphatic hydroxyl groups excluding tert-OH is 1. The lowest BCUT2D eigenvalue weighted by molar-refractivity contribution is -0.117. The summed E-state index contributed by atoms with van der Waals surface area (Å²) >= 11 is 0. The summed E-state index contributed by atoms with van der Waals surface area (Å²) in [6.45, 7) is 1.34. The van der Waals surface area contributed by atoms with Crippen molar-refractivity contribution >= 4 is 17.5 Å². The van der Waals surface area contributed by atoms with E-state index in [1.165, 1.54) is 11.1 Å². The lowest BCUT2D eigenvalue weighted by Gasteiger charge is -2.21. The van der Waals surface area contributed by atoms with Crippen LogP contribution in [0.2, 0.25) is 0 Å². The van der Waals surface area contributed by atoms with Gasteiger partial charge in [0.05, 0.1) is 36.8 Å². The minimum absolute atomic E-state index is 0.126. The zero-order valence-corrected chi connectivity index (χ0v) is 10.0. The summed E-state index contributed by atoms with van der Waals surface area (Å²) < 4.78 is 0. The van der Waals surface area contributed by atoms with Crippen LogP contribution in [0.3, 0.4) is 0 Å². The molecule has 0 aliphatic carbocycles. The van der Waals surface area contributed by atoms with Crippen LogP contribution in [0.25, 0.3) is 0 Å². The molecule has 1 aromatic heterocycles. The van der Waals surface area contributed by atoms with E-state index in [0.29, 0.717) is 11.4 Å². The second-order valence-electron chi connectivity index (χ2n) is 3.91. The van der Waals surface area contributed by atoms with E-state index in [0.717, 1.165) is 0 Å². The molecule has 0 aliphatic rings. The highest BCUT2D eigenvalue weighted by Crippen LogP contribution is 2.15. The number of amides is 2. The molecule has 98 valence electrons. The van der Waals surface area contributed by atoms with E-state index < -0.39 is 17.9 Å². The van der Waals surface area contributed by atoms with Crippen LogP contribution in [0.15, 0.2) is 18.3 Å². The number of nitrogens with zero attached hydrogens (tertiary/aromatic N) is 2. The number of nitrogens with two attached hydrogens (primary N) is 2. The van der Waals surface area contributed by atoms with Crippen molar-refractivity contribution in [1.82, 2.24) is 4.98 Å². The molecule has 7 nitrogen and oxygen atoms in total. The number of aromatic nitrogens is 1. The first-order valence-electron chi connectivity index (χ1n) is 5.35. The molecule has 0 saturated carbocycles. The lowest BCUT2D eigenvalue weighted by Crippen LogP contribution is -2.39. The topological polar surface area (TPSA) is 123 Å². The number of rotatable bonds is 6. The van der Waals surface area contributed by atoms with Gasteiger partial charge in [0.25, 0.3) is 0 Å². The lowest BCUT2D eigenvalue weighted by atomic mass is 10.2. The van der Waals surface area contributed by atoms with Gasteiger partial charge in [0.1, 0.15) is 0 Å². The quantitative estimate of drug-likeness (QED) is 0.593. The zero-order valence-electron chi connectivity index (χ0n) is 10.0. The summed E-state index contributed by atoms with van der Waals surface area (Å²) in [4.78, 5) is 27.3. The first-order valence-corrected chi connectivity index (χ1v) is 5.35. The van der Waals surface area contributed by atoms with Crippen molar-refractivity contribution in [3.05, 3.63) is 24.0 Å². The van der Waals surface area contributed by atoms with Gasteiger partial charge in [-0.3, -0.25) is 14.6 Å². The Morgan fingerprint density at radius 2 is 1.89 bits per heavy atom. The van der Waals surface area contributed by atoms with Crippen LogP contribution in [0.1, 0.15) is 18.7 Å². The molecule has 1 heterocycles. The molecular weight excluding hydrogens is 236 g/mol. The molecule has 0 saturated heterocycles. The van der Waals surface area contributed by atoms with Gasteiger partial charge in [-0.15, -0.1) is 0 Å². The Morgan fingerprint density at radius 1 is 1.33 bits per heavy atom. The monoisotopic (exact) mass is 252 g/mol. The number of carbonyl (C=O) groups is 2. The molecule has 1 rings (SSSR count). The molecule has 0 aliphatic heterocycles. The minimum Gasteiger partial charge on any atom is -0.387 e. The highest BCUT2D eigenvalue weighted by molar-refractivity contribution is 5.84. The summed E-state index contributed by atoms with van der Waals surface area (Å²) in [5.74, 6) is -1.15. The summed E-state index contributed by atoms with van der Waals surface area (Å²) in [6, 6.07) is 3.25. The Kier molecular flexibility index (Phi) is 4.61. The maximum Gasteiger partial charge on any atom is 0.236 e. The molecule has 0 unspecified atom stereocenters. The van der Waals surface area contributed by atoms with Crippen LogP contribution >= 0.6 is 0 Å². The SMILES string of the molecule is C[C@@H](O)c1ccc(N(CC(N)=O)CC(N)=O)cn1. The number of hydrogen-bond acceptors (Lipinski definition) is 5. The highest BCUT2D eigenvalue weighted by Gasteiger charge is 2.13. The molecule has 1 aromatic rings. The molecule has 0 aromatic carbocycles. The molecule has 2 amide bonds. The van der Waals surface area contributed by atoms with Crippen LogP contribution in [-0.2, 0) is 9.59 Å². The summed E-state index contributed by atoms with van der Waals surface area (Å²) in [5, 5.41) is 9.32. The van der Waals surface area contributed by atoms with Crippen molar-refractivity contribution < 1.29 is 14.7 Å². The van der Waals surface area contributed by atoms with E-state index in [1.54, 1.807) is 19.1 Å². The Hall–Kier alpha value is -2.15. The van der Waals surface area contributed by atoms with Gasteiger partial charge in [0.15, 0.2) is 0 Å². The molecular formula is C11H16N4O3. The number of hydrogen-bond donors (Lipinski definition) is 3. The number of carbonyl (C=O) groups excluding carboxylic acids is 2. The summed E-state index contributed by atoms with van der Waals surface area (Å²) in [7, 11) is 0. The first kappa shape index (κ1) is 13.9. The predicted octanol–water partition coefficient (Wildman–Crippen LogP) is -1.09. The van der Waals surface area contributed by atoms with Crippen molar-refractivity contribution in [3.8, 4) is 0 Å². The van der Waals surface area contributed by atoms with Gasteiger partial charge >= 0.3 is 0 Å². The highest BCUT2D eigenvalue weighted by atomic mass is 16.3. The van der Waals surface area contributed by atoms with Crippen LogP contribution in [0, 0.1) is 0 Å². The fourth-order valence-electron chi connectivity index (χ4n) is 1.45. The molecule has 0 spiro atoms. The average molecular weight is 252 g/mol.